The molecule has 2 aromatic heterocycles. The summed E-state index contributed by atoms with van der Waals surface area (Å²) in [6.45, 7) is 5.67. The molecule has 0 saturated carbocycles. The van der Waals surface area contributed by atoms with E-state index >= 15 is 0 Å². The molecule has 1 aliphatic heterocycles. The summed E-state index contributed by atoms with van der Waals surface area (Å²) in [4.78, 5) is 4.45. The Kier molecular flexibility index (Phi) is 7.22. The van der Waals surface area contributed by atoms with Crippen molar-refractivity contribution in [2.24, 2.45) is 0 Å². The van der Waals surface area contributed by atoms with E-state index in [0.717, 1.165) is 24.3 Å². The molecule has 0 bridgehead atoms. The second-order valence-corrected chi connectivity index (χ2v) is 11.0. The first kappa shape index (κ1) is 27.0. The molecule has 3 aromatic carbocycles. The van der Waals surface area contributed by atoms with Crippen LogP contribution in [0.3, 0.4) is 0 Å². The number of nitriles is 1. The maximum Gasteiger partial charge on any atom is 0.141 e. The van der Waals surface area contributed by atoms with Crippen molar-refractivity contribution in [2.45, 2.75) is 39.0 Å². The summed E-state index contributed by atoms with van der Waals surface area (Å²) in [5, 5.41) is 30.0. The Morgan fingerprint density at radius 2 is 1.90 bits per heavy atom. The van der Waals surface area contributed by atoms with Crippen LogP contribution in [-0.4, -0.2) is 20.0 Å². The van der Waals surface area contributed by atoms with Crippen LogP contribution in [0.15, 0.2) is 60.9 Å². The van der Waals surface area contributed by atoms with E-state index in [4.69, 9.17) is 23.2 Å². The summed E-state index contributed by atoms with van der Waals surface area (Å²) >= 11 is 12.8. The van der Waals surface area contributed by atoms with Gasteiger partial charge in [0.25, 0.3) is 0 Å². The van der Waals surface area contributed by atoms with Gasteiger partial charge in [-0.05, 0) is 60.9 Å². The highest BCUT2D eigenvalue weighted by atomic mass is 35.5. The molecule has 41 heavy (non-hydrogen) atoms. The second-order valence-electron chi connectivity index (χ2n) is 10.1. The van der Waals surface area contributed by atoms with Gasteiger partial charge < -0.3 is 16.0 Å². The molecule has 206 valence electrons. The second kappa shape index (κ2) is 11.0. The van der Waals surface area contributed by atoms with Crippen LogP contribution < -0.4 is 16.0 Å². The number of halogens is 3. The average molecular weight is 587 g/mol. The summed E-state index contributed by atoms with van der Waals surface area (Å²) in [5.41, 5.74) is 6.83. The standard InChI is InChI=1S/C30H25Cl2FN8/c1-16(2)41-15-27(39-40-41)30(21-5-3-4-17-12-35-14-23(17)21)38-20-8-22-28(37-19-6-7-26(33)24(31)9-19)18(11-34)13-36-29(22)25(32)10-20/h3-10,13,15-16,30,35,38H,12,14H2,1-2H3,(H,36,37)/t30-/m0/s1. The lowest BCUT2D eigenvalue weighted by Crippen LogP contribution is -2.16. The van der Waals surface area contributed by atoms with E-state index < -0.39 is 5.82 Å². The minimum Gasteiger partial charge on any atom is -0.373 e. The molecule has 0 radical (unpaired) electrons. The van der Waals surface area contributed by atoms with Gasteiger partial charge in [-0.1, -0.05) is 46.6 Å². The number of pyridine rings is 1. The molecule has 3 heterocycles. The molecule has 0 spiro atoms. The predicted octanol–water partition coefficient (Wildman–Crippen LogP) is 7.27. The van der Waals surface area contributed by atoms with Gasteiger partial charge in [-0.2, -0.15) is 5.26 Å². The zero-order chi connectivity index (χ0) is 28.7. The monoisotopic (exact) mass is 586 g/mol. The fourth-order valence-electron chi connectivity index (χ4n) is 5.06. The lowest BCUT2D eigenvalue weighted by molar-refractivity contribution is 0.514. The summed E-state index contributed by atoms with van der Waals surface area (Å²) in [6.07, 6.45) is 3.41. The Morgan fingerprint density at radius 3 is 2.66 bits per heavy atom. The fourth-order valence-corrected chi connectivity index (χ4v) is 5.51. The lowest BCUT2D eigenvalue weighted by Gasteiger charge is -2.22. The molecule has 6 rings (SSSR count). The molecule has 1 aliphatic rings. The highest BCUT2D eigenvalue weighted by molar-refractivity contribution is 6.36. The molecule has 0 aliphatic carbocycles. The maximum absolute atomic E-state index is 13.8. The summed E-state index contributed by atoms with van der Waals surface area (Å²) in [6, 6.07) is 16.3. The fraction of sp³-hybridized carbons (Fsp3) is 0.200. The summed E-state index contributed by atoms with van der Waals surface area (Å²) in [7, 11) is 0. The number of fused-ring (bicyclic) bond motifs is 2. The van der Waals surface area contributed by atoms with Gasteiger partial charge in [-0.15, -0.1) is 5.10 Å². The SMILES string of the molecule is CC(C)n1cc([C@@H](Nc2cc(Cl)c3ncc(C#N)c(Nc4ccc(F)c(Cl)c4)c3c2)c2cccc3c2CNC3)nn1. The third-order valence-corrected chi connectivity index (χ3v) is 7.71. The molecule has 0 saturated heterocycles. The number of anilines is 3. The Morgan fingerprint density at radius 1 is 1.07 bits per heavy atom. The van der Waals surface area contributed by atoms with Gasteiger partial charge in [0.2, 0.25) is 0 Å². The van der Waals surface area contributed by atoms with Crippen LogP contribution in [-0.2, 0) is 13.1 Å². The molecule has 0 unspecified atom stereocenters. The van der Waals surface area contributed by atoms with E-state index in [9.17, 15) is 9.65 Å². The first-order valence-corrected chi connectivity index (χ1v) is 13.8. The van der Waals surface area contributed by atoms with Gasteiger partial charge in [-0.3, -0.25) is 4.98 Å². The van der Waals surface area contributed by atoms with E-state index in [2.05, 4.69) is 69.4 Å². The molecule has 0 amide bonds. The topological polar surface area (TPSA) is 103 Å². The van der Waals surface area contributed by atoms with Gasteiger partial charge in [-0.25, -0.2) is 9.07 Å². The molecular weight excluding hydrogens is 562 g/mol. The van der Waals surface area contributed by atoms with Gasteiger partial charge in [0.1, 0.15) is 17.6 Å². The van der Waals surface area contributed by atoms with Crippen LogP contribution in [0.25, 0.3) is 10.9 Å². The van der Waals surface area contributed by atoms with Crippen molar-refractivity contribution in [3.63, 3.8) is 0 Å². The van der Waals surface area contributed by atoms with E-state index in [-0.39, 0.29) is 17.1 Å². The van der Waals surface area contributed by atoms with Gasteiger partial charge >= 0.3 is 0 Å². The third-order valence-electron chi connectivity index (χ3n) is 7.14. The first-order valence-electron chi connectivity index (χ1n) is 13.1. The lowest BCUT2D eigenvalue weighted by atomic mass is 9.95. The predicted molar refractivity (Wildman–Crippen MR) is 159 cm³/mol. The van der Waals surface area contributed by atoms with E-state index in [1.54, 1.807) is 6.07 Å². The minimum absolute atomic E-state index is 0.0329. The van der Waals surface area contributed by atoms with Crippen LogP contribution in [0, 0.1) is 17.1 Å². The van der Waals surface area contributed by atoms with Crippen molar-refractivity contribution in [2.75, 3.05) is 10.6 Å². The van der Waals surface area contributed by atoms with Crippen LogP contribution in [0.2, 0.25) is 10.0 Å². The Hall–Kier alpha value is -4.23. The van der Waals surface area contributed by atoms with Gasteiger partial charge in [0, 0.05) is 42.1 Å². The minimum atomic E-state index is -0.533. The third kappa shape index (κ3) is 5.18. The van der Waals surface area contributed by atoms with Crippen molar-refractivity contribution in [1.82, 2.24) is 25.3 Å². The van der Waals surface area contributed by atoms with Gasteiger partial charge in [0.05, 0.1) is 39.1 Å². The Labute approximate surface area is 246 Å². The van der Waals surface area contributed by atoms with Crippen LogP contribution in [0.1, 0.15) is 53.9 Å². The Balaban J connectivity index is 1.47. The van der Waals surface area contributed by atoms with Crippen LogP contribution in [0.5, 0.6) is 0 Å². The van der Waals surface area contributed by atoms with Gasteiger partial charge in [0.15, 0.2) is 0 Å². The summed E-state index contributed by atoms with van der Waals surface area (Å²) in [5.74, 6) is -0.533. The quantitative estimate of drug-likeness (QED) is 0.184. The molecular formula is C30H25Cl2FN8. The smallest absolute Gasteiger partial charge is 0.141 e. The normalized spacial score (nSPS) is 13.3. The van der Waals surface area contributed by atoms with Crippen molar-refractivity contribution in [1.29, 1.82) is 5.26 Å². The number of nitrogens with one attached hydrogen (secondary N) is 3. The van der Waals surface area contributed by atoms with E-state index in [0.29, 0.717) is 38.6 Å². The number of rotatable bonds is 7. The van der Waals surface area contributed by atoms with Crippen molar-refractivity contribution >= 4 is 51.2 Å². The maximum atomic E-state index is 13.8. The highest BCUT2D eigenvalue weighted by Crippen LogP contribution is 2.38. The Bertz CT molecular complexity index is 1830. The molecule has 1 atom stereocenters. The number of aromatic nitrogens is 4. The average Bonchev–Trinajstić information content (AvgIpc) is 3.64. The number of hydrogen-bond acceptors (Lipinski definition) is 7. The molecule has 5 aromatic rings. The van der Waals surface area contributed by atoms with Crippen molar-refractivity contribution in [3.8, 4) is 6.07 Å². The van der Waals surface area contributed by atoms with Crippen molar-refractivity contribution in [3.05, 3.63) is 105 Å². The number of hydrogen-bond donors (Lipinski definition) is 3. The molecule has 0 fully saturated rings. The van der Waals surface area contributed by atoms with Crippen molar-refractivity contribution < 1.29 is 4.39 Å². The first-order chi connectivity index (χ1) is 19.8. The zero-order valence-electron chi connectivity index (χ0n) is 22.2. The van der Waals surface area contributed by atoms with E-state index in [1.165, 1.54) is 29.5 Å². The molecule has 11 heteroatoms. The molecule has 3 N–H and O–H groups in total. The van der Waals surface area contributed by atoms with E-state index in [1.807, 2.05) is 23.0 Å². The largest absolute Gasteiger partial charge is 0.373 e. The summed E-state index contributed by atoms with van der Waals surface area (Å²) < 4.78 is 15.6. The van der Waals surface area contributed by atoms with Crippen LogP contribution >= 0.6 is 23.2 Å². The highest BCUT2D eigenvalue weighted by Gasteiger charge is 2.25. The zero-order valence-corrected chi connectivity index (χ0v) is 23.7. The number of nitrogens with zero attached hydrogens (tertiary/aromatic N) is 5. The van der Waals surface area contributed by atoms with Crippen LogP contribution in [0.4, 0.5) is 21.5 Å². The number of benzene rings is 3. The molecule has 8 nitrogen and oxygen atoms in total.